The molecular weight excluding hydrogens is 552 g/mol. The average Bonchev–Trinajstić information content (AvgIpc) is 2.97. The molecule has 12 heteroatoms. The summed E-state index contributed by atoms with van der Waals surface area (Å²) in [6, 6.07) is 2.33. The summed E-state index contributed by atoms with van der Waals surface area (Å²) in [5, 5.41) is 23.6. The maximum atomic E-state index is 13.5. The lowest BCUT2D eigenvalue weighted by Gasteiger charge is -2.24. The van der Waals surface area contributed by atoms with Crippen molar-refractivity contribution in [1.29, 1.82) is 0 Å². The number of ether oxygens (including phenoxy) is 6. The highest BCUT2D eigenvalue weighted by atomic mass is 16.5. The van der Waals surface area contributed by atoms with Crippen molar-refractivity contribution in [3.63, 3.8) is 0 Å². The number of phenols is 2. The molecule has 0 aliphatic carbocycles. The van der Waals surface area contributed by atoms with Crippen LogP contribution in [0.1, 0.15) is 11.1 Å². The average molecular weight is 579 g/mol. The predicted octanol–water partition coefficient (Wildman–Crippen LogP) is 2.77. The van der Waals surface area contributed by atoms with E-state index in [1.165, 1.54) is 54.8 Å². The molecule has 0 aliphatic rings. The molecule has 0 saturated carbocycles. The standard InChI is InChI=1S/C30H26O12/c1-37-15-9-13(31)21-25-19(11(7-17(33)39-3)29(41-5)27(21)35)20-12(8-18(34)40-4)30(42-6)28(36)22-14(32)10-16(38-2)24(23(15)25)26(20)22/h9-10,35-36H,7-8H2,1-6H3. The van der Waals surface area contributed by atoms with Crippen molar-refractivity contribution >= 4 is 55.0 Å². The van der Waals surface area contributed by atoms with Gasteiger partial charge < -0.3 is 38.6 Å². The Morgan fingerprint density at radius 2 is 0.905 bits per heavy atom. The molecule has 0 radical (unpaired) electrons. The monoisotopic (exact) mass is 578 g/mol. The Kier molecular flexibility index (Phi) is 6.93. The number of aromatic hydroxyl groups is 2. The van der Waals surface area contributed by atoms with Gasteiger partial charge in [0.25, 0.3) is 0 Å². The highest BCUT2D eigenvalue weighted by molar-refractivity contribution is 6.38. The third-order valence-electron chi connectivity index (χ3n) is 7.51. The van der Waals surface area contributed by atoms with Crippen LogP contribution in [-0.4, -0.2) is 64.8 Å². The quantitative estimate of drug-likeness (QED) is 0.157. The van der Waals surface area contributed by atoms with E-state index in [0.29, 0.717) is 0 Å². The molecule has 5 aromatic carbocycles. The van der Waals surface area contributed by atoms with Crippen molar-refractivity contribution in [3.05, 3.63) is 43.7 Å². The second-order valence-electron chi connectivity index (χ2n) is 9.38. The number of methoxy groups -OCH3 is 6. The molecule has 0 aliphatic heterocycles. The summed E-state index contributed by atoms with van der Waals surface area (Å²) in [4.78, 5) is 52.5. The van der Waals surface area contributed by atoms with Crippen molar-refractivity contribution in [2.75, 3.05) is 42.7 Å². The number of carbonyl (C=O) groups excluding carboxylic acids is 2. The Morgan fingerprint density at radius 3 is 1.19 bits per heavy atom. The van der Waals surface area contributed by atoms with E-state index in [-0.39, 0.29) is 77.2 Å². The van der Waals surface area contributed by atoms with Crippen LogP contribution in [0.3, 0.4) is 0 Å². The number of benzene rings is 5. The van der Waals surface area contributed by atoms with Crippen LogP contribution >= 0.6 is 0 Å². The van der Waals surface area contributed by atoms with E-state index in [1.807, 2.05) is 0 Å². The smallest absolute Gasteiger partial charge is 0.310 e. The van der Waals surface area contributed by atoms with Gasteiger partial charge in [-0.05, 0) is 10.8 Å². The van der Waals surface area contributed by atoms with Gasteiger partial charge in [0.2, 0.25) is 0 Å². The summed E-state index contributed by atoms with van der Waals surface area (Å²) in [6.45, 7) is 0. The zero-order valence-electron chi connectivity index (χ0n) is 23.5. The molecule has 0 unspecified atom stereocenters. The van der Waals surface area contributed by atoms with Gasteiger partial charge in [-0.3, -0.25) is 19.2 Å². The number of fused-ring (bicyclic) bond motifs is 2. The molecule has 0 aromatic heterocycles. The molecule has 12 nitrogen and oxygen atoms in total. The summed E-state index contributed by atoms with van der Waals surface area (Å²) in [5.74, 6) is -2.78. The summed E-state index contributed by atoms with van der Waals surface area (Å²) in [5.41, 5.74) is -1.09. The van der Waals surface area contributed by atoms with Crippen molar-refractivity contribution in [1.82, 2.24) is 0 Å². The minimum Gasteiger partial charge on any atom is -0.504 e. The fraction of sp³-hybridized carbons (Fsp3) is 0.267. The van der Waals surface area contributed by atoms with Crippen LogP contribution in [0, 0.1) is 0 Å². The summed E-state index contributed by atoms with van der Waals surface area (Å²) >= 11 is 0. The number of hydrogen-bond donors (Lipinski definition) is 2. The second-order valence-corrected chi connectivity index (χ2v) is 9.38. The minimum absolute atomic E-state index is 0.0658. The van der Waals surface area contributed by atoms with Gasteiger partial charge >= 0.3 is 11.9 Å². The normalized spacial score (nSPS) is 11.4. The predicted molar refractivity (Wildman–Crippen MR) is 152 cm³/mol. The SMILES string of the molecule is COC(=O)Cc1c(OC)c(O)c2c(=O)cc(OC)c3c4c(OC)cc(=O)c5c(O)c(OC)c(CC(=O)OC)c(c1c23)c54. The van der Waals surface area contributed by atoms with Crippen LogP contribution < -0.4 is 29.8 Å². The van der Waals surface area contributed by atoms with Gasteiger partial charge in [-0.1, -0.05) is 0 Å². The van der Waals surface area contributed by atoms with Gasteiger partial charge in [-0.2, -0.15) is 0 Å². The molecule has 5 aromatic rings. The van der Waals surface area contributed by atoms with Crippen LogP contribution in [0.2, 0.25) is 0 Å². The Labute approximate surface area is 237 Å². The van der Waals surface area contributed by atoms with E-state index in [4.69, 9.17) is 28.4 Å². The van der Waals surface area contributed by atoms with Gasteiger partial charge in [-0.25, -0.2) is 0 Å². The summed E-state index contributed by atoms with van der Waals surface area (Å²) in [6.07, 6.45) is -0.898. The first kappa shape index (κ1) is 28.3. The summed E-state index contributed by atoms with van der Waals surface area (Å²) < 4.78 is 32.2. The van der Waals surface area contributed by atoms with Gasteiger partial charge in [0.1, 0.15) is 11.5 Å². The molecule has 0 atom stereocenters. The zero-order chi connectivity index (χ0) is 30.6. The van der Waals surface area contributed by atoms with Crippen molar-refractivity contribution in [3.8, 4) is 34.5 Å². The van der Waals surface area contributed by atoms with Crippen molar-refractivity contribution in [2.45, 2.75) is 12.8 Å². The van der Waals surface area contributed by atoms with Crippen molar-refractivity contribution < 1.29 is 48.2 Å². The number of rotatable bonds is 8. The van der Waals surface area contributed by atoms with Gasteiger partial charge in [0, 0.05) is 44.8 Å². The van der Waals surface area contributed by atoms with E-state index in [1.54, 1.807) is 0 Å². The van der Waals surface area contributed by atoms with Gasteiger partial charge in [0.15, 0.2) is 33.9 Å². The third kappa shape index (κ3) is 3.75. The van der Waals surface area contributed by atoms with Crippen LogP contribution in [-0.2, 0) is 31.9 Å². The van der Waals surface area contributed by atoms with Crippen LogP contribution in [0.25, 0.3) is 43.1 Å². The molecule has 218 valence electrons. The van der Waals surface area contributed by atoms with Gasteiger partial charge in [-0.15, -0.1) is 0 Å². The van der Waals surface area contributed by atoms with E-state index >= 15 is 0 Å². The Hall–Kier alpha value is -5.26. The molecular formula is C30H26O12. The topological polar surface area (TPSA) is 164 Å². The largest absolute Gasteiger partial charge is 0.504 e. The Bertz CT molecular complexity index is 1900. The lowest BCUT2D eigenvalue weighted by atomic mass is 9.82. The van der Waals surface area contributed by atoms with E-state index in [9.17, 15) is 29.4 Å². The van der Waals surface area contributed by atoms with Crippen LogP contribution in [0.4, 0.5) is 0 Å². The molecule has 42 heavy (non-hydrogen) atoms. The first-order valence-corrected chi connectivity index (χ1v) is 12.5. The maximum Gasteiger partial charge on any atom is 0.310 e. The number of carbonyl (C=O) groups is 2. The zero-order valence-corrected chi connectivity index (χ0v) is 23.5. The maximum absolute atomic E-state index is 13.5. The second kappa shape index (κ2) is 10.3. The van der Waals surface area contributed by atoms with Gasteiger partial charge in [0.05, 0.1) is 66.3 Å². The molecule has 0 amide bonds. The van der Waals surface area contributed by atoms with Crippen LogP contribution in [0.5, 0.6) is 34.5 Å². The summed E-state index contributed by atoms with van der Waals surface area (Å²) in [7, 11) is 7.54. The fourth-order valence-electron chi connectivity index (χ4n) is 5.86. The minimum atomic E-state index is -0.715. The molecule has 0 spiro atoms. The molecule has 2 N–H and O–H groups in total. The van der Waals surface area contributed by atoms with Crippen molar-refractivity contribution in [2.24, 2.45) is 0 Å². The lowest BCUT2D eigenvalue weighted by Crippen LogP contribution is -2.13. The Balaban J connectivity index is 2.36. The first-order valence-electron chi connectivity index (χ1n) is 12.5. The number of phenolic OH excluding ortho intramolecular Hbond substituents is 2. The van der Waals surface area contributed by atoms with Crippen LogP contribution in [0.15, 0.2) is 21.7 Å². The number of hydrogen-bond acceptors (Lipinski definition) is 12. The molecule has 5 rings (SSSR count). The highest BCUT2D eigenvalue weighted by Gasteiger charge is 2.33. The highest BCUT2D eigenvalue weighted by Crippen LogP contribution is 2.55. The molecule has 0 bridgehead atoms. The van der Waals surface area contributed by atoms with E-state index in [2.05, 4.69) is 0 Å². The third-order valence-corrected chi connectivity index (χ3v) is 7.51. The fourth-order valence-corrected chi connectivity index (χ4v) is 5.86. The molecule has 0 saturated heterocycles. The van der Waals surface area contributed by atoms with E-state index in [0.717, 1.165) is 0 Å². The molecule has 0 heterocycles. The Morgan fingerprint density at radius 1 is 0.548 bits per heavy atom. The first-order chi connectivity index (χ1) is 20.1. The lowest BCUT2D eigenvalue weighted by molar-refractivity contribution is -0.140. The van der Waals surface area contributed by atoms with E-state index < -0.39 is 47.1 Å². The molecule has 0 fully saturated rings. The number of esters is 2.